The highest BCUT2D eigenvalue weighted by Crippen LogP contribution is 2.44. The molecule has 0 unspecified atom stereocenters. The lowest BCUT2D eigenvalue weighted by Gasteiger charge is -2.23. The third-order valence-corrected chi connectivity index (χ3v) is 7.15. The molecule has 3 rings (SSSR count). The van der Waals surface area contributed by atoms with Crippen LogP contribution < -0.4 is 20.1 Å². The van der Waals surface area contributed by atoms with Crippen molar-refractivity contribution in [2.75, 3.05) is 14.2 Å². The predicted octanol–water partition coefficient (Wildman–Crippen LogP) is 4.59. The Balaban J connectivity index is 2.26. The van der Waals surface area contributed by atoms with Crippen LogP contribution in [0.25, 0.3) is 0 Å². The lowest BCUT2D eigenvalue weighted by Crippen LogP contribution is -2.22. The number of benzene rings is 3. The third-order valence-electron chi connectivity index (χ3n) is 4.56. The molecule has 3 aromatic carbocycles. The van der Waals surface area contributed by atoms with Crippen molar-refractivity contribution in [3.63, 3.8) is 0 Å². The number of ether oxygens (including phenoxy) is 2. The van der Waals surface area contributed by atoms with Crippen LogP contribution in [0.5, 0.6) is 11.5 Å². The number of carbonyl (C=O) groups is 1. The summed E-state index contributed by atoms with van der Waals surface area (Å²) in [4.78, 5) is 13.9. The van der Waals surface area contributed by atoms with Gasteiger partial charge in [0.05, 0.1) is 14.2 Å². The van der Waals surface area contributed by atoms with E-state index in [4.69, 9.17) is 9.47 Å². The van der Waals surface area contributed by atoms with E-state index in [2.05, 4.69) is 26.0 Å². The van der Waals surface area contributed by atoms with Gasteiger partial charge in [-0.1, -0.05) is 54.6 Å². The predicted molar refractivity (Wildman–Crippen MR) is 112 cm³/mol. The van der Waals surface area contributed by atoms with Crippen molar-refractivity contribution < 1.29 is 14.3 Å². The zero-order valence-corrected chi connectivity index (χ0v) is 16.9. The first-order chi connectivity index (χ1) is 13.1. The Morgan fingerprint density at radius 1 is 0.704 bits per heavy atom. The van der Waals surface area contributed by atoms with E-state index in [-0.39, 0.29) is 5.52 Å². The fraction of sp³-hybridized carbons (Fsp3) is 0.174. The first-order valence-corrected chi connectivity index (χ1v) is 10.1. The Morgan fingerprint density at radius 2 is 1.15 bits per heavy atom. The van der Waals surface area contributed by atoms with Gasteiger partial charge in [-0.2, -0.15) is 0 Å². The highest BCUT2D eigenvalue weighted by Gasteiger charge is 2.30. The van der Waals surface area contributed by atoms with Gasteiger partial charge < -0.3 is 9.47 Å². The van der Waals surface area contributed by atoms with Gasteiger partial charge in [-0.3, -0.25) is 4.79 Å². The standard InChI is InChI=1S/C23H23O3P/c1-16-10-5-7-14-20(16)27(21-15-8-6-11-17(21)2)23(24)22-18(25-3)12-9-13-19(22)26-4/h5-15H,1-4H3. The fourth-order valence-electron chi connectivity index (χ4n) is 3.15. The number of hydrogen-bond acceptors (Lipinski definition) is 3. The molecule has 0 atom stereocenters. The zero-order chi connectivity index (χ0) is 19.4. The Labute approximate surface area is 161 Å². The maximum atomic E-state index is 13.9. The second-order valence-electron chi connectivity index (χ2n) is 6.25. The highest BCUT2D eigenvalue weighted by molar-refractivity contribution is 7.88. The van der Waals surface area contributed by atoms with Crippen LogP contribution in [0.4, 0.5) is 0 Å². The molecule has 3 aromatic rings. The topological polar surface area (TPSA) is 35.5 Å². The third kappa shape index (κ3) is 3.74. The van der Waals surface area contributed by atoms with Gasteiger partial charge in [0.25, 0.3) is 0 Å². The van der Waals surface area contributed by atoms with Crippen LogP contribution in [0.2, 0.25) is 0 Å². The summed E-state index contributed by atoms with van der Waals surface area (Å²) in [5, 5.41) is 2.11. The van der Waals surface area contributed by atoms with Crippen LogP contribution in [0.15, 0.2) is 66.7 Å². The average molecular weight is 378 g/mol. The van der Waals surface area contributed by atoms with Gasteiger partial charge in [-0.15, -0.1) is 0 Å². The maximum absolute atomic E-state index is 13.9. The first kappa shape index (κ1) is 19.1. The Morgan fingerprint density at radius 3 is 1.56 bits per heavy atom. The number of carbonyl (C=O) groups excluding carboxylic acids is 1. The van der Waals surface area contributed by atoms with Gasteiger partial charge in [-0.05, 0) is 47.7 Å². The molecule has 0 saturated heterocycles. The van der Waals surface area contributed by atoms with Gasteiger partial charge >= 0.3 is 0 Å². The molecule has 0 N–H and O–H groups in total. The molecule has 0 bridgehead atoms. The molecule has 3 nitrogen and oxygen atoms in total. The van der Waals surface area contributed by atoms with E-state index in [1.165, 1.54) is 0 Å². The Hall–Kier alpha value is -2.64. The maximum Gasteiger partial charge on any atom is 0.200 e. The Bertz CT molecular complexity index is 898. The van der Waals surface area contributed by atoms with E-state index >= 15 is 0 Å². The van der Waals surface area contributed by atoms with Crippen molar-refractivity contribution in [1.82, 2.24) is 0 Å². The van der Waals surface area contributed by atoms with Crippen LogP contribution >= 0.6 is 7.92 Å². The molecule has 0 saturated carbocycles. The molecule has 0 fully saturated rings. The summed E-state index contributed by atoms with van der Waals surface area (Å²) < 4.78 is 11.0. The van der Waals surface area contributed by atoms with Crippen LogP contribution in [-0.4, -0.2) is 19.7 Å². The molecule has 138 valence electrons. The normalized spacial score (nSPS) is 10.7. The van der Waals surface area contributed by atoms with E-state index in [9.17, 15) is 4.79 Å². The largest absolute Gasteiger partial charge is 0.496 e. The van der Waals surface area contributed by atoms with Gasteiger partial charge in [-0.25, -0.2) is 0 Å². The van der Waals surface area contributed by atoms with Crippen molar-refractivity contribution in [1.29, 1.82) is 0 Å². The second kappa shape index (κ2) is 8.37. The molecular weight excluding hydrogens is 355 g/mol. The number of rotatable bonds is 6. The monoisotopic (exact) mass is 378 g/mol. The van der Waals surface area contributed by atoms with E-state index in [1.54, 1.807) is 26.4 Å². The lowest BCUT2D eigenvalue weighted by molar-refractivity contribution is 0.107. The van der Waals surface area contributed by atoms with Gasteiger partial charge in [0.1, 0.15) is 17.1 Å². The molecule has 0 heterocycles. The molecule has 0 radical (unpaired) electrons. The van der Waals surface area contributed by atoms with Gasteiger partial charge in [0, 0.05) is 7.92 Å². The minimum atomic E-state index is -1.27. The number of hydrogen-bond donors (Lipinski definition) is 0. The minimum Gasteiger partial charge on any atom is -0.496 e. The van der Waals surface area contributed by atoms with Crippen LogP contribution in [-0.2, 0) is 0 Å². The zero-order valence-electron chi connectivity index (χ0n) is 16.0. The second-order valence-corrected chi connectivity index (χ2v) is 8.29. The molecule has 4 heteroatoms. The molecule has 0 aliphatic carbocycles. The molecule has 0 aromatic heterocycles. The summed E-state index contributed by atoms with van der Waals surface area (Å²) in [5.74, 6) is 1.07. The van der Waals surface area contributed by atoms with E-state index in [0.717, 1.165) is 21.7 Å². The van der Waals surface area contributed by atoms with Crippen LogP contribution in [0.1, 0.15) is 21.5 Å². The molecular formula is C23H23O3P. The summed E-state index contributed by atoms with van der Waals surface area (Å²) in [7, 11) is 1.88. The Kier molecular flexibility index (Phi) is 5.93. The number of methoxy groups -OCH3 is 2. The van der Waals surface area contributed by atoms with Crippen molar-refractivity contribution >= 4 is 24.1 Å². The quantitative estimate of drug-likeness (QED) is 0.589. The summed E-state index contributed by atoms with van der Waals surface area (Å²) in [6.45, 7) is 4.10. The molecule has 0 amide bonds. The average Bonchev–Trinajstić information content (AvgIpc) is 2.70. The summed E-state index contributed by atoms with van der Waals surface area (Å²) in [6, 6.07) is 21.6. The lowest BCUT2D eigenvalue weighted by atomic mass is 10.2. The van der Waals surface area contributed by atoms with Gasteiger partial charge in [0.2, 0.25) is 5.52 Å². The van der Waals surface area contributed by atoms with Crippen LogP contribution in [0, 0.1) is 13.8 Å². The van der Waals surface area contributed by atoms with Crippen molar-refractivity contribution in [2.24, 2.45) is 0 Å². The smallest absolute Gasteiger partial charge is 0.200 e. The first-order valence-electron chi connectivity index (χ1n) is 8.75. The summed E-state index contributed by atoms with van der Waals surface area (Å²) in [5.41, 5.74) is 2.74. The SMILES string of the molecule is COc1cccc(OC)c1C(=O)P(c1ccccc1C)c1ccccc1C. The minimum absolute atomic E-state index is 0.0305. The van der Waals surface area contributed by atoms with Gasteiger partial charge in [0.15, 0.2) is 0 Å². The number of aryl methyl sites for hydroxylation is 2. The molecule has 27 heavy (non-hydrogen) atoms. The van der Waals surface area contributed by atoms with Crippen molar-refractivity contribution in [3.05, 3.63) is 83.4 Å². The summed E-state index contributed by atoms with van der Waals surface area (Å²) in [6.07, 6.45) is 0. The van der Waals surface area contributed by atoms with Crippen molar-refractivity contribution in [2.45, 2.75) is 13.8 Å². The molecule has 0 aliphatic heterocycles. The molecule has 0 spiro atoms. The van der Waals surface area contributed by atoms with E-state index in [1.807, 2.05) is 42.5 Å². The van der Waals surface area contributed by atoms with E-state index in [0.29, 0.717) is 17.1 Å². The van der Waals surface area contributed by atoms with Crippen molar-refractivity contribution in [3.8, 4) is 11.5 Å². The highest BCUT2D eigenvalue weighted by atomic mass is 31.1. The van der Waals surface area contributed by atoms with Crippen LogP contribution in [0.3, 0.4) is 0 Å². The van der Waals surface area contributed by atoms with E-state index < -0.39 is 7.92 Å². The fourth-order valence-corrected chi connectivity index (χ4v) is 5.62. The summed E-state index contributed by atoms with van der Waals surface area (Å²) >= 11 is 0. The molecule has 0 aliphatic rings.